The molecular weight excluding hydrogens is 424 g/mol. The largest absolute Gasteiger partial charge is 0.487 e. The molecule has 1 amide bonds. The monoisotopic (exact) mass is 456 g/mol. The van der Waals surface area contributed by atoms with Crippen LogP contribution in [0.1, 0.15) is 59.1 Å². The van der Waals surface area contributed by atoms with Crippen LogP contribution < -0.4 is 10.2 Å². The second kappa shape index (κ2) is 11.7. The molecule has 1 aromatic heterocycles. The van der Waals surface area contributed by atoms with E-state index >= 15 is 0 Å². The summed E-state index contributed by atoms with van der Waals surface area (Å²) >= 11 is 0. The molecule has 0 unspecified atom stereocenters. The van der Waals surface area contributed by atoms with Gasteiger partial charge >= 0.3 is 5.97 Å². The maximum Gasteiger partial charge on any atom is 0.343 e. The highest BCUT2D eigenvalue weighted by atomic mass is 16.5. The molecule has 33 heavy (non-hydrogen) atoms. The van der Waals surface area contributed by atoms with E-state index in [0.717, 1.165) is 18.4 Å². The first-order chi connectivity index (χ1) is 16.0. The van der Waals surface area contributed by atoms with E-state index in [-0.39, 0.29) is 42.2 Å². The summed E-state index contributed by atoms with van der Waals surface area (Å²) in [7, 11) is 1.58. The number of benzene rings is 1. The van der Waals surface area contributed by atoms with E-state index in [0.29, 0.717) is 26.1 Å². The normalized spacial score (nSPS) is 15.3. The molecule has 178 valence electrons. The number of methoxy groups -OCH3 is 1. The predicted molar refractivity (Wildman–Crippen MR) is 124 cm³/mol. The first-order valence-corrected chi connectivity index (χ1v) is 11.4. The van der Waals surface area contributed by atoms with Crippen molar-refractivity contribution >= 4 is 11.9 Å². The SMILES string of the molecule is CCCCOc1c2n(cc(C(=O)OCC)c1=O)[C@@H](Cc1ccccc1)CN(CCOC)C2=O. The van der Waals surface area contributed by atoms with Gasteiger partial charge in [0.2, 0.25) is 5.43 Å². The number of carbonyl (C=O) groups excluding carboxylic acids is 2. The van der Waals surface area contributed by atoms with Crippen LogP contribution in [-0.2, 0) is 15.9 Å². The number of aromatic nitrogens is 1. The van der Waals surface area contributed by atoms with Crippen LogP contribution >= 0.6 is 0 Å². The minimum Gasteiger partial charge on any atom is -0.487 e. The smallest absolute Gasteiger partial charge is 0.343 e. The molecule has 0 radical (unpaired) electrons. The highest BCUT2D eigenvalue weighted by Crippen LogP contribution is 2.29. The van der Waals surface area contributed by atoms with Crippen molar-refractivity contribution < 1.29 is 23.8 Å². The fourth-order valence-electron chi connectivity index (χ4n) is 3.93. The van der Waals surface area contributed by atoms with E-state index in [1.807, 2.05) is 37.3 Å². The Hall–Kier alpha value is -3.13. The van der Waals surface area contributed by atoms with Crippen LogP contribution in [0.2, 0.25) is 0 Å². The van der Waals surface area contributed by atoms with Crippen molar-refractivity contribution in [3.63, 3.8) is 0 Å². The molecule has 8 heteroatoms. The zero-order valence-corrected chi connectivity index (χ0v) is 19.5. The summed E-state index contributed by atoms with van der Waals surface area (Å²) in [6, 6.07) is 9.71. The molecule has 0 aliphatic carbocycles. The van der Waals surface area contributed by atoms with Crippen LogP contribution in [-0.4, -0.2) is 61.4 Å². The highest BCUT2D eigenvalue weighted by molar-refractivity contribution is 5.98. The minimum absolute atomic E-state index is 0.0841. The van der Waals surface area contributed by atoms with E-state index < -0.39 is 11.4 Å². The van der Waals surface area contributed by atoms with Crippen molar-refractivity contribution in [3.8, 4) is 5.75 Å². The number of unbranched alkanes of at least 4 members (excludes halogenated alkanes) is 1. The Kier molecular flexibility index (Phi) is 8.65. The highest BCUT2D eigenvalue weighted by Gasteiger charge is 2.36. The molecular formula is C25H32N2O6. The van der Waals surface area contributed by atoms with Crippen LogP contribution in [0.25, 0.3) is 0 Å². The minimum atomic E-state index is -0.717. The van der Waals surface area contributed by atoms with Crippen molar-refractivity contribution in [1.82, 2.24) is 9.47 Å². The van der Waals surface area contributed by atoms with Crippen LogP contribution in [0.4, 0.5) is 0 Å². The number of hydrogen-bond donors (Lipinski definition) is 0. The summed E-state index contributed by atoms with van der Waals surface area (Å²) in [4.78, 5) is 41.0. The Morgan fingerprint density at radius 3 is 2.55 bits per heavy atom. The number of rotatable bonds is 11. The van der Waals surface area contributed by atoms with Gasteiger partial charge < -0.3 is 23.7 Å². The Balaban J connectivity index is 2.15. The van der Waals surface area contributed by atoms with E-state index in [1.165, 1.54) is 6.20 Å². The van der Waals surface area contributed by atoms with Crippen LogP contribution in [0.15, 0.2) is 41.3 Å². The van der Waals surface area contributed by atoms with Crippen molar-refractivity contribution in [3.05, 3.63) is 63.6 Å². The fourth-order valence-corrected chi connectivity index (χ4v) is 3.93. The van der Waals surface area contributed by atoms with Gasteiger partial charge in [-0.25, -0.2) is 4.79 Å². The number of pyridine rings is 1. The molecule has 0 saturated heterocycles. The average Bonchev–Trinajstić information content (AvgIpc) is 2.81. The molecule has 0 N–H and O–H groups in total. The standard InChI is InChI=1S/C25H32N2O6/c1-4-6-13-33-23-21-24(29)26(12-14-31-3)16-19(15-18-10-8-7-9-11-18)27(21)17-20(22(23)28)25(30)32-5-2/h7-11,17,19H,4-6,12-16H2,1-3H3/t19-/m0/s1. The molecule has 0 fully saturated rings. The lowest BCUT2D eigenvalue weighted by Crippen LogP contribution is -2.47. The lowest BCUT2D eigenvalue weighted by molar-refractivity contribution is 0.0513. The maximum absolute atomic E-state index is 13.4. The van der Waals surface area contributed by atoms with Gasteiger partial charge in [-0.15, -0.1) is 0 Å². The third-order valence-corrected chi connectivity index (χ3v) is 5.63. The summed E-state index contributed by atoms with van der Waals surface area (Å²) in [5, 5.41) is 0. The predicted octanol–water partition coefficient (Wildman–Crippen LogP) is 3.09. The lowest BCUT2D eigenvalue weighted by Gasteiger charge is -2.37. The Morgan fingerprint density at radius 2 is 1.88 bits per heavy atom. The third-order valence-electron chi connectivity index (χ3n) is 5.63. The summed E-state index contributed by atoms with van der Waals surface area (Å²) in [6.45, 7) is 5.30. The second-order valence-corrected chi connectivity index (χ2v) is 7.97. The molecule has 0 bridgehead atoms. The van der Waals surface area contributed by atoms with Crippen LogP contribution in [0.3, 0.4) is 0 Å². The quantitative estimate of drug-likeness (QED) is 0.382. The molecule has 0 saturated carbocycles. The first kappa shape index (κ1) is 24.5. The number of ether oxygens (including phenoxy) is 3. The van der Waals surface area contributed by atoms with Crippen molar-refractivity contribution in [2.45, 2.75) is 39.2 Å². The maximum atomic E-state index is 13.4. The van der Waals surface area contributed by atoms with Gasteiger partial charge in [0.1, 0.15) is 5.56 Å². The molecule has 3 rings (SSSR count). The first-order valence-electron chi connectivity index (χ1n) is 11.4. The number of hydrogen-bond acceptors (Lipinski definition) is 6. The van der Waals surface area contributed by atoms with Gasteiger partial charge in [0.15, 0.2) is 11.4 Å². The van der Waals surface area contributed by atoms with Crippen molar-refractivity contribution in [1.29, 1.82) is 0 Å². The zero-order chi connectivity index (χ0) is 23.8. The van der Waals surface area contributed by atoms with Gasteiger partial charge in [-0.05, 0) is 25.3 Å². The molecule has 1 aliphatic rings. The number of amides is 1. The third kappa shape index (κ3) is 5.63. The topological polar surface area (TPSA) is 87.1 Å². The van der Waals surface area contributed by atoms with Gasteiger partial charge in [0.25, 0.3) is 5.91 Å². The molecule has 8 nitrogen and oxygen atoms in total. The number of carbonyl (C=O) groups is 2. The van der Waals surface area contributed by atoms with Gasteiger partial charge in [-0.3, -0.25) is 9.59 Å². The summed E-state index contributed by atoms with van der Waals surface area (Å²) in [5.41, 5.74) is 0.520. The average molecular weight is 457 g/mol. The molecule has 1 aliphatic heterocycles. The summed E-state index contributed by atoms with van der Waals surface area (Å²) in [6.07, 6.45) is 3.66. The molecule has 0 spiro atoms. The summed E-state index contributed by atoms with van der Waals surface area (Å²) in [5.74, 6) is -1.11. The summed E-state index contributed by atoms with van der Waals surface area (Å²) < 4.78 is 17.9. The zero-order valence-electron chi connectivity index (χ0n) is 19.5. The van der Waals surface area contributed by atoms with E-state index in [9.17, 15) is 14.4 Å². The fraction of sp³-hybridized carbons (Fsp3) is 0.480. The van der Waals surface area contributed by atoms with Gasteiger partial charge in [0.05, 0.1) is 25.9 Å². The van der Waals surface area contributed by atoms with Crippen molar-refractivity contribution in [2.75, 3.05) is 40.0 Å². The number of nitrogens with zero attached hydrogens (tertiary/aromatic N) is 2. The van der Waals surface area contributed by atoms with Gasteiger partial charge in [0, 0.05) is 26.4 Å². The molecule has 2 heterocycles. The van der Waals surface area contributed by atoms with E-state index in [2.05, 4.69) is 0 Å². The molecule has 2 aromatic rings. The van der Waals surface area contributed by atoms with Crippen molar-refractivity contribution in [2.24, 2.45) is 0 Å². The number of esters is 1. The van der Waals surface area contributed by atoms with Gasteiger partial charge in [-0.1, -0.05) is 43.7 Å². The Bertz CT molecular complexity index is 1020. The number of fused-ring (bicyclic) bond motifs is 1. The Morgan fingerprint density at radius 1 is 1.12 bits per heavy atom. The van der Waals surface area contributed by atoms with Crippen LogP contribution in [0, 0.1) is 0 Å². The van der Waals surface area contributed by atoms with E-state index in [1.54, 1.807) is 23.5 Å². The van der Waals surface area contributed by atoms with E-state index in [4.69, 9.17) is 14.2 Å². The molecule has 1 aromatic carbocycles. The Labute approximate surface area is 194 Å². The second-order valence-electron chi connectivity index (χ2n) is 7.97. The van der Waals surface area contributed by atoms with Crippen LogP contribution in [0.5, 0.6) is 5.75 Å². The van der Waals surface area contributed by atoms with Gasteiger partial charge in [-0.2, -0.15) is 0 Å². The molecule has 1 atom stereocenters. The lowest BCUT2D eigenvalue weighted by atomic mass is 10.0.